The van der Waals surface area contributed by atoms with Crippen molar-refractivity contribution in [1.82, 2.24) is 20.3 Å². The summed E-state index contributed by atoms with van der Waals surface area (Å²) in [5.41, 5.74) is 0.560. The van der Waals surface area contributed by atoms with Crippen molar-refractivity contribution >= 4 is 17.2 Å². The van der Waals surface area contributed by atoms with Gasteiger partial charge in [-0.3, -0.25) is 4.79 Å². The number of piperidine rings is 1. The number of benzene rings is 1. The minimum Gasteiger partial charge on any atom is -0.361 e. The summed E-state index contributed by atoms with van der Waals surface area (Å²) in [6.45, 7) is 2.90. The zero-order valence-electron chi connectivity index (χ0n) is 14.5. The molecule has 9 heteroatoms. The molecule has 1 saturated heterocycles. The van der Waals surface area contributed by atoms with E-state index in [-0.39, 0.29) is 17.4 Å². The molecule has 0 bridgehead atoms. The molecule has 0 atom stereocenters. The molecule has 2 aromatic heterocycles. The van der Waals surface area contributed by atoms with Crippen molar-refractivity contribution in [2.45, 2.75) is 25.7 Å². The standard InChI is InChI=1S/C18H16F2N4O2S/c1-10-8-15(23-26-10)18(25)24-6-4-11(5-7-24)16-21-22-17(27-16)13-3-2-12(19)9-14(13)20/h2-3,8-9,11H,4-7H2,1H3. The maximum Gasteiger partial charge on any atom is 0.276 e. The highest BCUT2D eigenvalue weighted by Gasteiger charge is 2.28. The Hall–Kier alpha value is -2.68. The van der Waals surface area contributed by atoms with Crippen molar-refractivity contribution in [3.05, 3.63) is 52.4 Å². The molecule has 6 nitrogen and oxygen atoms in total. The number of aromatic nitrogens is 3. The highest BCUT2D eigenvalue weighted by atomic mass is 32.1. The monoisotopic (exact) mass is 390 g/mol. The van der Waals surface area contributed by atoms with Gasteiger partial charge in [0.1, 0.15) is 22.4 Å². The molecular weight excluding hydrogens is 374 g/mol. The fourth-order valence-electron chi connectivity index (χ4n) is 3.13. The van der Waals surface area contributed by atoms with Gasteiger partial charge in [-0.25, -0.2) is 8.78 Å². The van der Waals surface area contributed by atoms with E-state index in [1.165, 1.54) is 23.5 Å². The van der Waals surface area contributed by atoms with Crippen LogP contribution in [-0.4, -0.2) is 39.3 Å². The topological polar surface area (TPSA) is 72.1 Å². The molecule has 0 radical (unpaired) electrons. The molecule has 1 aromatic carbocycles. The lowest BCUT2D eigenvalue weighted by Crippen LogP contribution is -2.38. The van der Waals surface area contributed by atoms with Gasteiger partial charge in [-0.1, -0.05) is 16.5 Å². The van der Waals surface area contributed by atoms with Crippen molar-refractivity contribution in [2.24, 2.45) is 0 Å². The van der Waals surface area contributed by atoms with Crippen molar-refractivity contribution in [2.75, 3.05) is 13.1 Å². The van der Waals surface area contributed by atoms with E-state index in [9.17, 15) is 13.6 Å². The fraction of sp³-hybridized carbons (Fsp3) is 0.333. The Morgan fingerprint density at radius 1 is 1.22 bits per heavy atom. The molecule has 0 N–H and O–H groups in total. The largest absolute Gasteiger partial charge is 0.361 e. The number of rotatable bonds is 3. The number of carbonyl (C=O) groups is 1. The van der Waals surface area contributed by atoms with Gasteiger partial charge in [-0.2, -0.15) is 0 Å². The quantitative estimate of drug-likeness (QED) is 0.680. The third-order valence-electron chi connectivity index (χ3n) is 4.58. The molecule has 0 spiro atoms. The van der Waals surface area contributed by atoms with Crippen LogP contribution in [0.5, 0.6) is 0 Å². The molecule has 3 aromatic rings. The van der Waals surface area contributed by atoms with Crippen LogP contribution in [0.4, 0.5) is 8.78 Å². The number of carbonyl (C=O) groups excluding carboxylic acids is 1. The van der Waals surface area contributed by atoms with Gasteiger partial charge in [-0.15, -0.1) is 10.2 Å². The van der Waals surface area contributed by atoms with Crippen LogP contribution in [0.2, 0.25) is 0 Å². The van der Waals surface area contributed by atoms with Crippen LogP contribution in [0.25, 0.3) is 10.6 Å². The van der Waals surface area contributed by atoms with Gasteiger partial charge in [0, 0.05) is 36.7 Å². The minimum atomic E-state index is -0.652. The Bertz CT molecular complexity index is 979. The van der Waals surface area contributed by atoms with Gasteiger partial charge >= 0.3 is 0 Å². The first-order chi connectivity index (χ1) is 13.0. The van der Waals surface area contributed by atoms with E-state index >= 15 is 0 Å². The Morgan fingerprint density at radius 2 is 2.00 bits per heavy atom. The average Bonchev–Trinajstić information content (AvgIpc) is 3.31. The second-order valence-electron chi connectivity index (χ2n) is 6.46. The molecule has 1 amide bonds. The molecule has 1 fully saturated rings. The van der Waals surface area contributed by atoms with Crippen LogP contribution < -0.4 is 0 Å². The Kier molecular flexibility index (Phi) is 4.69. The van der Waals surface area contributed by atoms with E-state index in [0.717, 1.165) is 23.9 Å². The normalized spacial score (nSPS) is 15.3. The Labute approximate surface area is 157 Å². The third kappa shape index (κ3) is 3.59. The molecule has 0 aliphatic carbocycles. The molecule has 0 unspecified atom stereocenters. The SMILES string of the molecule is Cc1cc(C(=O)N2CCC(c3nnc(-c4ccc(F)cc4F)s3)CC2)no1. The number of hydrogen-bond acceptors (Lipinski definition) is 6. The minimum absolute atomic E-state index is 0.142. The highest BCUT2D eigenvalue weighted by molar-refractivity contribution is 7.14. The zero-order chi connectivity index (χ0) is 19.0. The predicted octanol–water partition coefficient (Wildman–Crippen LogP) is 3.80. The molecule has 1 aliphatic heterocycles. The van der Waals surface area contributed by atoms with Crippen LogP contribution >= 0.6 is 11.3 Å². The molecule has 0 saturated carbocycles. The molecule has 1 aliphatic rings. The van der Waals surface area contributed by atoms with Gasteiger partial charge in [0.05, 0.1) is 0 Å². The lowest BCUT2D eigenvalue weighted by atomic mass is 9.97. The van der Waals surface area contributed by atoms with Crippen molar-refractivity contribution < 1.29 is 18.1 Å². The van der Waals surface area contributed by atoms with Gasteiger partial charge in [0.2, 0.25) is 0 Å². The Morgan fingerprint density at radius 3 is 2.67 bits per heavy atom. The summed E-state index contributed by atoms with van der Waals surface area (Å²) in [5, 5.41) is 13.3. The van der Waals surface area contributed by atoms with E-state index in [1.807, 2.05) is 0 Å². The second kappa shape index (κ2) is 7.15. The average molecular weight is 390 g/mol. The van der Waals surface area contributed by atoms with E-state index in [2.05, 4.69) is 15.4 Å². The van der Waals surface area contributed by atoms with Crippen LogP contribution in [0, 0.1) is 18.6 Å². The summed E-state index contributed by atoms with van der Waals surface area (Å²) in [4.78, 5) is 14.2. The van der Waals surface area contributed by atoms with Crippen molar-refractivity contribution in [3.63, 3.8) is 0 Å². The zero-order valence-corrected chi connectivity index (χ0v) is 15.3. The summed E-state index contributed by atoms with van der Waals surface area (Å²) in [6, 6.07) is 5.04. The molecule has 140 valence electrons. The molecule has 27 heavy (non-hydrogen) atoms. The summed E-state index contributed by atoms with van der Waals surface area (Å²) in [5.74, 6) is -0.663. The summed E-state index contributed by atoms with van der Waals surface area (Å²) >= 11 is 1.31. The number of amides is 1. The van der Waals surface area contributed by atoms with E-state index in [0.29, 0.717) is 29.6 Å². The summed E-state index contributed by atoms with van der Waals surface area (Å²) < 4.78 is 32.0. The summed E-state index contributed by atoms with van der Waals surface area (Å²) in [7, 11) is 0. The summed E-state index contributed by atoms with van der Waals surface area (Å²) in [6.07, 6.45) is 1.48. The number of hydrogen-bond donors (Lipinski definition) is 0. The van der Waals surface area contributed by atoms with Gasteiger partial charge < -0.3 is 9.42 Å². The predicted molar refractivity (Wildman–Crippen MR) is 94.4 cm³/mol. The highest BCUT2D eigenvalue weighted by Crippen LogP contribution is 2.34. The first kappa shape index (κ1) is 17.7. The van der Waals surface area contributed by atoms with Gasteiger partial charge in [-0.05, 0) is 31.9 Å². The van der Waals surface area contributed by atoms with Gasteiger partial charge in [0.25, 0.3) is 5.91 Å². The van der Waals surface area contributed by atoms with Crippen LogP contribution in [0.15, 0.2) is 28.8 Å². The van der Waals surface area contributed by atoms with Crippen molar-refractivity contribution in [3.8, 4) is 10.6 Å². The molecule has 4 rings (SSSR count). The van der Waals surface area contributed by atoms with Gasteiger partial charge in [0.15, 0.2) is 10.7 Å². The van der Waals surface area contributed by atoms with E-state index < -0.39 is 11.6 Å². The van der Waals surface area contributed by atoms with Crippen molar-refractivity contribution in [1.29, 1.82) is 0 Å². The maximum absolute atomic E-state index is 13.9. The van der Waals surface area contributed by atoms with E-state index in [4.69, 9.17) is 4.52 Å². The number of nitrogens with zero attached hydrogens (tertiary/aromatic N) is 4. The lowest BCUT2D eigenvalue weighted by molar-refractivity contribution is 0.0702. The molecule has 3 heterocycles. The number of likely N-dealkylation sites (tertiary alicyclic amines) is 1. The first-order valence-corrected chi connectivity index (χ1v) is 9.34. The number of aryl methyl sites for hydroxylation is 1. The van der Waals surface area contributed by atoms with Crippen LogP contribution in [0.3, 0.4) is 0 Å². The lowest BCUT2D eigenvalue weighted by Gasteiger charge is -2.30. The Balaban J connectivity index is 1.43. The first-order valence-electron chi connectivity index (χ1n) is 8.52. The smallest absolute Gasteiger partial charge is 0.276 e. The third-order valence-corrected chi connectivity index (χ3v) is 5.70. The fourth-order valence-corrected chi connectivity index (χ4v) is 4.17. The number of halogens is 2. The van der Waals surface area contributed by atoms with Crippen LogP contribution in [0.1, 0.15) is 40.0 Å². The maximum atomic E-state index is 13.9. The van der Waals surface area contributed by atoms with Crippen LogP contribution in [-0.2, 0) is 0 Å². The van der Waals surface area contributed by atoms with E-state index in [1.54, 1.807) is 17.9 Å². The second-order valence-corrected chi connectivity index (χ2v) is 7.47. The molecular formula is C18H16F2N4O2S.